The lowest BCUT2D eigenvalue weighted by Gasteiger charge is -2.26. The predicted octanol–water partition coefficient (Wildman–Crippen LogP) is -0.549. The van der Waals surface area contributed by atoms with Crippen molar-refractivity contribution in [1.82, 2.24) is 10.6 Å². The maximum atomic E-state index is 12.3. The topological polar surface area (TPSA) is 142 Å². The Morgan fingerprint density at radius 1 is 1.00 bits per heavy atom. The van der Waals surface area contributed by atoms with Crippen LogP contribution in [0.2, 0.25) is 0 Å². The van der Waals surface area contributed by atoms with Crippen LogP contribution in [0.25, 0.3) is 0 Å². The molecule has 0 aromatic carbocycles. The highest BCUT2D eigenvalue weighted by molar-refractivity contribution is 5.92. The number of aliphatic hydroxyl groups is 1. The van der Waals surface area contributed by atoms with Crippen LogP contribution in [0.15, 0.2) is 0 Å². The number of nitrogens with two attached hydrogens (primary N) is 1. The maximum Gasteiger partial charge on any atom is 0.326 e. The van der Waals surface area contributed by atoms with E-state index in [0.29, 0.717) is 0 Å². The number of aliphatic hydroxyl groups excluding tert-OH is 1. The summed E-state index contributed by atoms with van der Waals surface area (Å²) in [5.74, 6) is -2.55. The molecule has 4 unspecified atom stereocenters. The van der Waals surface area contributed by atoms with E-state index in [2.05, 4.69) is 10.6 Å². The van der Waals surface area contributed by atoms with Gasteiger partial charge in [-0.1, -0.05) is 27.7 Å². The van der Waals surface area contributed by atoms with Crippen molar-refractivity contribution in [1.29, 1.82) is 0 Å². The molecule has 134 valence electrons. The minimum Gasteiger partial charge on any atom is -0.480 e. The van der Waals surface area contributed by atoms with Crippen LogP contribution in [0.4, 0.5) is 0 Å². The third-order valence-electron chi connectivity index (χ3n) is 3.39. The first-order valence-corrected chi connectivity index (χ1v) is 7.74. The van der Waals surface area contributed by atoms with E-state index in [-0.39, 0.29) is 18.3 Å². The molecule has 0 aliphatic rings. The van der Waals surface area contributed by atoms with Gasteiger partial charge in [0.25, 0.3) is 0 Å². The van der Waals surface area contributed by atoms with Gasteiger partial charge in [-0.3, -0.25) is 9.59 Å². The van der Waals surface area contributed by atoms with Gasteiger partial charge in [0.15, 0.2) is 0 Å². The molecular weight excluding hydrogens is 302 g/mol. The average molecular weight is 331 g/mol. The van der Waals surface area contributed by atoms with Gasteiger partial charge in [0.1, 0.15) is 18.1 Å². The van der Waals surface area contributed by atoms with E-state index < -0.39 is 42.0 Å². The molecule has 0 aliphatic carbocycles. The summed E-state index contributed by atoms with van der Waals surface area (Å²) in [6.45, 7) is 8.52. The largest absolute Gasteiger partial charge is 0.480 e. The molecule has 0 spiro atoms. The molecule has 23 heavy (non-hydrogen) atoms. The van der Waals surface area contributed by atoms with E-state index in [0.717, 1.165) is 0 Å². The van der Waals surface area contributed by atoms with E-state index in [1.807, 2.05) is 13.8 Å². The van der Waals surface area contributed by atoms with Gasteiger partial charge in [-0.25, -0.2) is 4.79 Å². The van der Waals surface area contributed by atoms with Crippen LogP contribution in [-0.4, -0.2) is 52.2 Å². The highest BCUT2D eigenvalue weighted by Gasteiger charge is 2.31. The van der Waals surface area contributed by atoms with Gasteiger partial charge in [-0.15, -0.1) is 0 Å². The Balaban J connectivity index is 4.98. The van der Waals surface area contributed by atoms with Crippen molar-refractivity contribution >= 4 is 17.8 Å². The Morgan fingerprint density at radius 3 is 1.87 bits per heavy atom. The van der Waals surface area contributed by atoms with E-state index >= 15 is 0 Å². The summed E-state index contributed by atoms with van der Waals surface area (Å²) in [6.07, 6.45) is -0.772. The fourth-order valence-corrected chi connectivity index (χ4v) is 1.96. The molecule has 0 rings (SSSR count). The summed E-state index contributed by atoms with van der Waals surface area (Å²) >= 11 is 0. The molecule has 2 amide bonds. The summed E-state index contributed by atoms with van der Waals surface area (Å²) in [6, 6.07) is -3.11. The van der Waals surface area contributed by atoms with Gasteiger partial charge in [-0.2, -0.15) is 0 Å². The first-order chi connectivity index (χ1) is 10.5. The van der Waals surface area contributed by atoms with Gasteiger partial charge in [0.05, 0.1) is 6.10 Å². The SMILES string of the molecule is CC(C)CC(NC(=O)C(NC(=O)C(N)C(C)O)C(C)C)C(=O)O. The highest BCUT2D eigenvalue weighted by atomic mass is 16.4. The Kier molecular flexibility index (Phi) is 8.78. The molecule has 0 aromatic heterocycles. The quantitative estimate of drug-likeness (QED) is 0.384. The van der Waals surface area contributed by atoms with Crippen LogP contribution in [0.3, 0.4) is 0 Å². The molecule has 6 N–H and O–H groups in total. The molecular formula is C15H29N3O5. The first kappa shape index (κ1) is 21.3. The van der Waals surface area contributed by atoms with Crippen molar-refractivity contribution in [3.63, 3.8) is 0 Å². The number of carbonyl (C=O) groups excluding carboxylic acids is 2. The number of hydrogen-bond acceptors (Lipinski definition) is 5. The molecule has 4 atom stereocenters. The minimum absolute atomic E-state index is 0.0900. The molecule has 0 fully saturated rings. The lowest BCUT2D eigenvalue weighted by Crippen LogP contribution is -2.58. The van der Waals surface area contributed by atoms with Gasteiger partial charge in [0, 0.05) is 0 Å². The van der Waals surface area contributed by atoms with Crippen molar-refractivity contribution < 1.29 is 24.6 Å². The zero-order valence-electron chi connectivity index (χ0n) is 14.4. The first-order valence-electron chi connectivity index (χ1n) is 7.74. The monoisotopic (exact) mass is 331 g/mol. The maximum absolute atomic E-state index is 12.3. The Morgan fingerprint density at radius 2 is 1.52 bits per heavy atom. The fraction of sp³-hybridized carbons (Fsp3) is 0.800. The van der Waals surface area contributed by atoms with Crippen LogP contribution in [-0.2, 0) is 14.4 Å². The summed E-state index contributed by atoms with van der Waals surface area (Å²) < 4.78 is 0. The van der Waals surface area contributed by atoms with Crippen LogP contribution >= 0.6 is 0 Å². The second-order valence-electron chi connectivity index (χ2n) is 6.53. The second kappa shape index (κ2) is 9.46. The number of nitrogens with one attached hydrogen (secondary N) is 2. The number of amides is 2. The predicted molar refractivity (Wildman–Crippen MR) is 85.4 cm³/mol. The van der Waals surface area contributed by atoms with Crippen molar-refractivity contribution in [2.75, 3.05) is 0 Å². The lowest BCUT2D eigenvalue weighted by atomic mass is 10.00. The number of carboxylic acid groups (broad SMARTS) is 1. The molecule has 8 nitrogen and oxygen atoms in total. The van der Waals surface area contributed by atoms with Crippen LogP contribution < -0.4 is 16.4 Å². The van der Waals surface area contributed by atoms with E-state index in [1.165, 1.54) is 6.92 Å². The van der Waals surface area contributed by atoms with Crippen molar-refractivity contribution in [3.8, 4) is 0 Å². The molecule has 0 saturated carbocycles. The molecule has 0 heterocycles. The zero-order chi connectivity index (χ0) is 18.3. The number of carboxylic acids is 1. The summed E-state index contributed by atoms with van der Waals surface area (Å²) in [5.41, 5.74) is 5.54. The normalized spacial score (nSPS) is 16.6. The molecule has 0 radical (unpaired) electrons. The summed E-state index contributed by atoms with van der Waals surface area (Å²) in [4.78, 5) is 35.5. The fourth-order valence-electron chi connectivity index (χ4n) is 1.96. The zero-order valence-corrected chi connectivity index (χ0v) is 14.4. The van der Waals surface area contributed by atoms with E-state index in [9.17, 15) is 24.6 Å². The average Bonchev–Trinajstić information content (AvgIpc) is 2.41. The van der Waals surface area contributed by atoms with Gasteiger partial charge >= 0.3 is 5.97 Å². The van der Waals surface area contributed by atoms with E-state index in [1.54, 1.807) is 13.8 Å². The lowest BCUT2D eigenvalue weighted by molar-refractivity contribution is -0.143. The standard InChI is InChI=1S/C15H29N3O5/c1-7(2)6-10(15(22)23)17-14(21)12(8(3)4)18-13(20)11(16)9(5)19/h7-12,19H,6,16H2,1-5H3,(H,17,21)(H,18,20)(H,22,23). The van der Waals surface area contributed by atoms with E-state index in [4.69, 9.17) is 5.73 Å². The van der Waals surface area contributed by atoms with Crippen LogP contribution in [0, 0.1) is 11.8 Å². The van der Waals surface area contributed by atoms with Crippen LogP contribution in [0.1, 0.15) is 41.0 Å². The third kappa shape index (κ3) is 7.43. The number of rotatable bonds is 9. The summed E-state index contributed by atoms with van der Waals surface area (Å²) in [7, 11) is 0. The van der Waals surface area contributed by atoms with Gasteiger partial charge < -0.3 is 26.6 Å². The van der Waals surface area contributed by atoms with Crippen molar-refractivity contribution in [2.24, 2.45) is 17.6 Å². The van der Waals surface area contributed by atoms with Gasteiger partial charge in [0.2, 0.25) is 11.8 Å². The highest BCUT2D eigenvalue weighted by Crippen LogP contribution is 2.08. The summed E-state index contributed by atoms with van der Waals surface area (Å²) in [5, 5.41) is 23.4. The minimum atomic E-state index is -1.16. The van der Waals surface area contributed by atoms with Crippen LogP contribution in [0.5, 0.6) is 0 Å². The Hall–Kier alpha value is -1.67. The Labute approximate surface area is 136 Å². The molecule has 8 heteroatoms. The van der Waals surface area contributed by atoms with Gasteiger partial charge in [-0.05, 0) is 25.2 Å². The number of aliphatic carboxylic acids is 1. The molecule has 0 saturated heterocycles. The molecule has 0 bridgehead atoms. The second-order valence-corrected chi connectivity index (χ2v) is 6.53. The molecule has 0 aromatic rings. The van der Waals surface area contributed by atoms with Crippen molar-refractivity contribution in [3.05, 3.63) is 0 Å². The Bertz CT molecular complexity index is 423. The number of carbonyl (C=O) groups is 3. The van der Waals surface area contributed by atoms with Crippen molar-refractivity contribution in [2.45, 2.75) is 65.3 Å². The molecule has 0 aliphatic heterocycles. The number of hydrogen-bond donors (Lipinski definition) is 5. The third-order valence-corrected chi connectivity index (χ3v) is 3.39. The smallest absolute Gasteiger partial charge is 0.326 e.